The van der Waals surface area contributed by atoms with Crippen molar-refractivity contribution in [1.29, 1.82) is 0 Å². The molecule has 4 rings (SSSR count). The number of pyridine rings is 1. The van der Waals surface area contributed by atoms with Crippen molar-refractivity contribution in [2.75, 3.05) is 7.11 Å². The summed E-state index contributed by atoms with van der Waals surface area (Å²) in [5, 5.41) is 30.5. The molecule has 6 nitrogen and oxygen atoms in total. The molecule has 1 aliphatic rings. The largest absolute Gasteiger partial charge is 0.508 e. The van der Waals surface area contributed by atoms with Crippen LogP contribution >= 0.6 is 0 Å². The van der Waals surface area contributed by atoms with Crippen LogP contribution in [0.15, 0.2) is 65.3 Å². The lowest BCUT2D eigenvalue weighted by Crippen LogP contribution is -2.19. The second-order valence-corrected chi connectivity index (χ2v) is 6.65. The molecule has 6 heteroatoms. The number of benzene rings is 2. The Kier molecular flexibility index (Phi) is 4.31. The van der Waals surface area contributed by atoms with Crippen molar-refractivity contribution >= 4 is 16.3 Å². The first kappa shape index (κ1) is 17.7. The molecule has 1 heterocycles. The van der Waals surface area contributed by atoms with E-state index >= 15 is 0 Å². The zero-order chi connectivity index (χ0) is 19.8. The van der Waals surface area contributed by atoms with Gasteiger partial charge in [-0.25, -0.2) is 0 Å². The number of methoxy groups -OCH3 is 1. The quantitative estimate of drug-likeness (QED) is 0.645. The zero-order valence-corrected chi connectivity index (χ0v) is 15.2. The topological polar surface area (TPSA) is 91.9 Å². The molecule has 0 bridgehead atoms. The lowest BCUT2D eigenvalue weighted by molar-refractivity contribution is 0.277. The van der Waals surface area contributed by atoms with Crippen LogP contribution in [0.4, 0.5) is 0 Å². The van der Waals surface area contributed by atoms with Gasteiger partial charge in [-0.1, -0.05) is 6.08 Å². The van der Waals surface area contributed by atoms with Gasteiger partial charge in [0.1, 0.15) is 17.2 Å². The monoisotopic (exact) mass is 377 g/mol. The fraction of sp³-hybridized carbons (Fsp3) is 0.136. The third-order valence-electron chi connectivity index (χ3n) is 4.93. The highest BCUT2D eigenvalue weighted by molar-refractivity contribution is 5.98. The van der Waals surface area contributed by atoms with Gasteiger partial charge in [-0.15, -0.1) is 0 Å². The van der Waals surface area contributed by atoms with Crippen molar-refractivity contribution < 1.29 is 20.1 Å². The summed E-state index contributed by atoms with van der Waals surface area (Å²) in [6, 6.07) is 8.89. The number of rotatable bonds is 3. The summed E-state index contributed by atoms with van der Waals surface area (Å²) in [5.41, 5.74) is 1.85. The van der Waals surface area contributed by atoms with Crippen LogP contribution < -0.4 is 5.56 Å². The summed E-state index contributed by atoms with van der Waals surface area (Å²) in [4.78, 5) is 13.1. The van der Waals surface area contributed by atoms with Crippen LogP contribution in [0.1, 0.15) is 18.4 Å². The molecule has 0 spiro atoms. The van der Waals surface area contributed by atoms with E-state index in [1.54, 1.807) is 25.4 Å². The second kappa shape index (κ2) is 6.81. The number of ether oxygens (including phenoxy) is 1. The second-order valence-electron chi connectivity index (χ2n) is 6.65. The third-order valence-corrected chi connectivity index (χ3v) is 4.93. The molecule has 28 heavy (non-hydrogen) atoms. The molecule has 0 unspecified atom stereocenters. The smallest absolute Gasteiger partial charge is 0.266 e. The van der Waals surface area contributed by atoms with Gasteiger partial charge in [-0.05, 0) is 48.4 Å². The Morgan fingerprint density at radius 3 is 2.36 bits per heavy atom. The maximum Gasteiger partial charge on any atom is 0.266 e. The first-order chi connectivity index (χ1) is 13.5. The summed E-state index contributed by atoms with van der Waals surface area (Å²) >= 11 is 0. The molecule has 0 radical (unpaired) electrons. The van der Waals surface area contributed by atoms with E-state index in [9.17, 15) is 20.1 Å². The molecular formula is C22H19NO5. The Hall–Kier alpha value is -3.67. The van der Waals surface area contributed by atoms with Crippen LogP contribution in [0, 0.1) is 0 Å². The first-order valence-electron chi connectivity index (χ1n) is 8.83. The van der Waals surface area contributed by atoms with E-state index in [0.29, 0.717) is 23.9 Å². The van der Waals surface area contributed by atoms with Crippen molar-refractivity contribution in [3.63, 3.8) is 0 Å². The summed E-state index contributed by atoms with van der Waals surface area (Å²) in [5.74, 6) is 0.569. The minimum absolute atomic E-state index is 0.0952. The summed E-state index contributed by atoms with van der Waals surface area (Å²) in [7, 11) is 1.63. The lowest BCUT2D eigenvalue weighted by Gasteiger charge is -2.18. The average Bonchev–Trinajstić information content (AvgIpc) is 2.69. The van der Waals surface area contributed by atoms with E-state index < -0.39 is 5.56 Å². The van der Waals surface area contributed by atoms with Gasteiger partial charge in [-0.2, -0.15) is 0 Å². The zero-order valence-electron chi connectivity index (χ0n) is 15.2. The van der Waals surface area contributed by atoms with E-state index in [-0.39, 0.29) is 22.6 Å². The van der Waals surface area contributed by atoms with Gasteiger partial charge in [0.25, 0.3) is 5.56 Å². The van der Waals surface area contributed by atoms with Crippen molar-refractivity contribution in [2.45, 2.75) is 12.8 Å². The summed E-state index contributed by atoms with van der Waals surface area (Å²) in [6.07, 6.45) is 6.91. The Balaban J connectivity index is 2.04. The summed E-state index contributed by atoms with van der Waals surface area (Å²) < 4.78 is 6.72. The number of nitrogens with zero attached hydrogens (tertiary/aromatic N) is 1. The van der Waals surface area contributed by atoms with Gasteiger partial charge in [0.05, 0.1) is 18.3 Å². The van der Waals surface area contributed by atoms with Crippen LogP contribution in [-0.2, 0) is 4.74 Å². The van der Waals surface area contributed by atoms with Gasteiger partial charge >= 0.3 is 0 Å². The number of allylic oxidation sites excluding steroid dienone is 4. The number of hydrogen-bond acceptors (Lipinski definition) is 5. The third kappa shape index (κ3) is 2.99. The molecule has 0 amide bonds. The normalized spacial score (nSPS) is 13.9. The first-order valence-corrected chi connectivity index (χ1v) is 8.83. The molecule has 3 aromatic rings. The van der Waals surface area contributed by atoms with Crippen molar-refractivity contribution in [2.24, 2.45) is 0 Å². The van der Waals surface area contributed by atoms with Crippen LogP contribution in [-0.4, -0.2) is 27.0 Å². The van der Waals surface area contributed by atoms with Crippen LogP contribution in [0.3, 0.4) is 0 Å². The SMILES string of the molecule is COC1=CC=C(c2cn(-c3ccc(O)cc3)c(=O)c3c(O)cc(O)cc23)CC1. The number of phenolic OH excluding ortho intramolecular Hbond substituents is 3. The van der Waals surface area contributed by atoms with Gasteiger partial charge in [-0.3, -0.25) is 9.36 Å². The fourth-order valence-electron chi connectivity index (χ4n) is 3.50. The summed E-state index contributed by atoms with van der Waals surface area (Å²) in [6.45, 7) is 0. The van der Waals surface area contributed by atoms with Crippen molar-refractivity contribution in [3.8, 4) is 22.9 Å². The molecule has 0 aliphatic heterocycles. The van der Waals surface area contributed by atoms with E-state index in [2.05, 4.69) is 0 Å². The predicted octanol–water partition coefficient (Wildman–Crippen LogP) is 3.82. The van der Waals surface area contributed by atoms with E-state index in [1.807, 2.05) is 12.2 Å². The molecule has 0 saturated carbocycles. The molecule has 2 aromatic carbocycles. The van der Waals surface area contributed by atoms with Gasteiger partial charge < -0.3 is 20.1 Å². The van der Waals surface area contributed by atoms with Crippen molar-refractivity contribution in [1.82, 2.24) is 4.57 Å². The van der Waals surface area contributed by atoms with Gasteiger partial charge in [0.2, 0.25) is 0 Å². The highest BCUT2D eigenvalue weighted by Gasteiger charge is 2.18. The van der Waals surface area contributed by atoms with Crippen LogP contribution in [0.25, 0.3) is 22.0 Å². The van der Waals surface area contributed by atoms with Crippen LogP contribution in [0.2, 0.25) is 0 Å². The Bertz CT molecular complexity index is 1190. The molecule has 142 valence electrons. The molecule has 3 N–H and O–H groups in total. The van der Waals surface area contributed by atoms with Crippen LogP contribution in [0.5, 0.6) is 17.2 Å². The lowest BCUT2D eigenvalue weighted by atomic mass is 9.93. The predicted molar refractivity (Wildman–Crippen MR) is 107 cm³/mol. The Labute approximate surface area is 160 Å². The van der Waals surface area contributed by atoms with E-state index in [0.717, 1.165) is 23.0 Å². The Morgan fingerprint density at radius 1 is 0.964 bits per heavy atom. The minimum Gasteiger partial charge on any atom is -0.508 e. The molecule has 0 fully saturated rings. The molecule has 1 aromatic heterocycles. The number of fused-ring (bicyclic) bond motifs is 1. The average molecular weight is 377 g/mol. The van der Waals surface area contributed by atoms with E-state index in [4.69, 9.17) is 4.74 Å². The minimum atomic E-state index is -0.411. The maximum atomic E-state index is 13.1. The number of phenols is 3. The fourth-order valence-corrected chi connectivity index (χ4v) is 3.50. The molecule has 1 aliphatic carbocycles. The molecular weight excluding hydrogens is 358 g/mol. The molecule has 0 saturated heterocycles. The van der Waals surface area contributed by atoms with Gasteiger partial charge in [0, 0.05) is 35.3 Å². The van der Waals surface area contributed by atoms with E-state index in [1.165, 1.54) is 22.8 Å². The highest BCUT2D eigenvalue weighted by atomic mass is 16.5. The molecule has 0 atom stereocenters. The highest BCUT2D eigenvalue weighted by Crippen LogP contribution is 2.36. The van der Waals surface area contributed by atoms with Crippen molar-refractivity contribution in [3.05, 3.63) is 76.4 Å². The maximum absolute atomic E-state index is 13.1. The van der Waals surface area contributed by atoms with Gasteiger partial charge in [0.15, 0.2) is 0 Å². The standard InChI is InChI=1S/C22H19NO5/c1-28-17-8-2-13(3-9-17)19-12-23(14-4-6-15(24)7-5-14)22(27)21-18(19)10-16(25)11-20(21)26/h2,4-8,10-12,24-26H,3,9H2,1H3. The Morgan fingerprint density at radius 2 is 1.71 bits per heavy atom. The number of aromatic nitrogens is 1. The number of aromatic hydroxyl groups is 3. The number of hydrogen-bond donors (Lipinski definition) is 3.